The van der Waals surface area contributed by atoms with E-state index in [0.717, 1.165) is 5.56 Å². The van der Waals surface area contributed by atoms with Gasteiger partial charge < -0.3 is 5.11 Å². The maximum atomic E-state index is 12.0. The number of aryl methyl sites for hydroxylation is 1. The van der Waals surface area contributed by atoms with Crippen molar-refractivity contribution in [3.8, 4) is 0 Å². The zero-order valence-corrected chi connectivity index (χ0v) is 11.2. The van der Waals surface area contributed by atoms with E-state index in [0.29, 0.717) is 6.42 Å². The van der Waals surface area contributed by atoms with Gasteiger partial charge in [0, 0.05) is 12.4 Å². The van der Waals surface area contributed by atoms with Crippen molar-refractivity contribution in [3.05, 3.63) is 30.1 Å². The normalized spacial score (nSPS) is 13.5. The molecule has 0 amide bonds. The molecule has 5 nitrogen and oxygen atoms in total. The van der Waals surface area contributed by atoms with Crippen LogP contribution in [-0.2, 0) is 21.1 Å². The first-order valence-corrected chi connectivity index (χ1v) is 7.39. The fourth-order valence-electron chi connectivity index (χ4n) is 1.79. The molecule has 0 spiro atoms. The minimum absolute atomic E-state index is 0.161. The molecule has 1 heterocycles. The van der Waals surface area contributed by atoms with Crippen LogP contribution in [0.3, 0.4) is 0 Å². The van der Waals surface area contributed by atoms with Gasteiger partial charge in [0.2, 0.25) is 0 Å². The van der Waals surface area contributed by atoms with E-state index >= 15 is 0 Å². The van der Waals surface area contributed by atoms with E-state index in [4.69, 9.17) is 5.11 Å². The molecule has 100 valence electrons. The first-order valence-electron chi connectivity index (χ1n) is 5.68. The number of hydrogen-bond donors (Lipinski definition) is 1. The van der Waals surface area contributed by atoms with E-state index in [1.165, 1.54) is 0 Å². The third-order valence-corrected chi connectivity index (χ3v) is 4.95. The topological polar surface area (TPSA) is 84.3 Å². The van der Waals surface area contributed by atoms with Crippen molar-refractivity contribution in [2.45, 2.75) is 25.5 Å². The van der Waals surface area contributed by atoms with Crippen LogP contribution < -0.4 is 0 Å². The first kappa shape index (κ1) is 14.6. The summed E-state index contributed by atoms with van der Waals surface area (Å²) in [6.07, 6.45) is 3.47. The molecule has 1 atom stereocenters. The molecule has 1 rings (SSSR count). The minimum atomic E-state index is -3.64. The molecular weight excluding hydrogens is 254 g/mol. The maximum Gasteiger partial charge on any atom is 0.322 e. The Morgan fingerprint density at radius 1 is 1.33 bits per heavy atom. The van der Waals surface area contributed by atoms with Gasteiger partial charge in [-0.1, -0.05) is 13.8 Å². The summed E-state index contributed by atoms with van der Waals surface area (Å²) >= 11 is 0. The molecule has 6 heteroatoms. The lowest BCUT2D eigenvalue weighted by atomic mass is 10.1. The molecule has 1 aromatic rings. The van der Waals surface area contributed by atoms with Crippen LogP contribution in [0.4, 0.5) is 0 Å². The standard InChI is InChI=1S/C12H17NO4S/c1-9(2)11(12(14)15)18(16,17)8-5-10-3-6-13-7-4-10/h3-4,6-7,9,11H,5,8H2,1-2H3,(H,14,15). The van der Waals surface area contributed by atoms with E-state index in [-0.39, 0.29) is 5.75 Å². The first-order chi connectivity index (χ1) is 8.34. The quantitative estimate of drug-likeness (QED) is 0.839. The number of sulfone groups is 1. The van der Waals surface area contributed by atoms with Crippen LogP contribution in [0.2, 0.25) is 0 Å². The lowest BCUT2D eigenvalue weighted by molar-refractivity contribution is -0.137. The summed E-state index contributed by atoms with van der Waals surface area (Å²) in [4.78, 5) is 14.8. The van der Waals surface area contributed by atoms with Gasteiger partial charge in [0.1, 0.15) is 0 Å². The fraction of sp³-hybridized carbons (Fsp3) is 0.500. The van der Waals surface area contributed by atoms with Crippen molar-refractivity contribution in [2.24, 2.45) is 5.92 Å². The molecule has 18 heavy (non-hydrogen) atoms. The SMILES string of the molecule is CC(C)C(C(=O)O)S(=O)(=O)CCc1ccncc1. The summed E-state index contributed by atoms with van der Waals surface area (Å²) < 4.78 is 24.0. The van der Waals surface area contributed by atoms with Crippen molar-refractivity contribution in [1.29, 1.82) is 0 Å². The van der Waals surface area contributed by atoms with Crippen LogP contribution in [0.15, 0.2) is 24.5 Å². The van der Waals surface area contributed by atoms with Crippen LogP contribution in [0.25, 0.3) is 0 Å². The van der Waals surface area contributed by atoms with Crippen molar-refractivity contribution < 1.29 is 18.3 Å². The summed E-state index contributed by atoms with van der Waals surface area (Å²) in [5.41, 5.74) is 0.835. The molecule has 1 unspecified atom stereocenters. The van der Waals surface area contributed by atoms with E-state index < -0.39 is 27.0 Å². The Bertz CT molecular complexity index is 496. The fourth-order valence-corrected chi connectivity index (χ4v) is 3.70. The van der Waals surface area contributed by atoms with Gasteiger partial charge in [-0.2, -0.15) is 0 Å². The Morgan fingerprint density at radius 2 is 1.89 bits per heavy atom. The third-order valence-electron chi connectivity index (χ3n) is 2.66. The van der Waals surface area contributed by atoms with Crippen molar-refractivity contribution in [1.82, 2.24) is 4.98 Å². The van der Waals surface area contributed by atoms with Crippen LogP contribution in [0.1, 0.15) is 19.4 Å². The highest BCUT2D eigenvalue weighted by atomic mass is 32.2. The highest BCUT2D eigenvalue weighted by Gasteiger charge is 2.34. The molecule has 1 N–H and O–H groups in total. The summed E-state index contributed by atoms with van der Waals surface area (Å²) in [5, 5.41) is 7.65. The van der Waals surface area contributed by atoms with Crippen LogP contribution >= 0.6 is 0 Å². The minimum Gasteiger partial charge on any atom is -0.480 e. The van der Waals surface area contributed by atoms with Gasteiger partial charge in [-0.3, -0.25) is 9.78 Å². The van der Waals surface area contributed by atoms with E-state index in [1.54, 1.807) is 38.4 Å². The number of aliphatic carboxylic acids is 1. The molecule has 0 bridgehead atoms. The number of hydrogen-bond acceptors (Lipinski definition) is 4. The highest BCUT2D eigenvalue weighted by molar-refractivity contribution is 7.92. The molecule has 0 saturated carbocycles. The molecule has 0 saturated heterocycles. The second kappa shape index (κ2) is 5.95. The second-order valence-corrected chi connectivity index (χ2v) is 6.72. The Hall–Kier alpha value is -1.43. The van der Waals surface area contributed by atoms with Gasteiger partial charge in [0.15, 0.2) is 15.1 Å². The smallest absolute Gasteiger partial charge is 0.322 e. The predicted molar refractivity (Wildman–Crippen MR) is 68.0 cm³/mol. The average molecular weight is 271 g/mol. The number of rotatable bonds is 6. The molecule has 0 radical (unpaired) electrons. The van der Waals surface area contributed by atoms with Crippen LogP contribution in [-0.4, -0.2) is 35.5 Å². The second-order valence-electron chi connectivity index (χ2n) is 4.48. The summed E-state index contributed by atoms with van der Waals surface area (Å²) in [5.74, 6) is -1.88. The van der Waals surface area contributed by atoms with Crippen molar-refractivity contribution in [2.75, 3.05) is 5.75 Å². The summed E-state index contributed by atoms with van der Waals surface area (Å²) in [7, 11) is -3.64. The number of pyridine rings is 1. The van der Waals surface area contributed by atoms with Gasteiger partial charge in [-0.05, 0) is 30.0 Å². The number of carbonyl (C=O) groups is 1. The summed E-state index contributed by atoms with van der Waals surface area (Å²) in [6.45, 7) is 3.20. The zero-order valence-electron chi connectivity index (χ0n) is 10.4. The molecule has 0 aliphatic carbocycles. The molecular formula is C12H17NO4S. The third kappa shape index (κ3) is 3.80. The molecule has 0 fully saturated rings. The number of aromatic nitrogens is 1. The Morgan fingerprint density at radius 3 is 2.33 bits per heavy atom. The number of carboxylic acid groups (broad SMARTS) is 1. The Kier molecular flexibility index (Phi) is 4.84. The molecule has 0 aliphatic rings. The molecule has 0 aliphatic heterocycles. The summed E-state index contributed by atoms with van der Waals surface area (Å²) in [6, 6.07) is 3.45. The zero-order chi connectivity index (χ0) is 13.8. The average Bonchev–Trinajstić information content (AvgIpc) is 2.26. The number of nitrogens with zero attached hydrogens (tertiary/aromatic N) is 1. The van der Waals surface area contributed by atoms with E-state index in [9.17, 15) is 13.2 Å². The van der Waals surface area contributed by atoms with Crippen LogP contribution in [0, 0.1) is 5.92 Å². The van der Waals surface area contributed by atoms with E-state index in [1.807, 2.05) is 0 Å². The Labute approximate surface area is 107 Å². The van der Waals surface area contributed by atoms with Gasteiger partial charge in [0.25, 0.3) is 0 Å². The lowest BCUT2D eigenvalue weighted by Gasteiger charge is -2.16. The lowest BCUT2D eigenvalue weighted by Crippen LogP contribution is -2.37. The van der Waals surface area contributed by atoms with Gasteiger partial charge >= 0.3 is 5.97 Å². The Balaban J connectivity index is 2.78. The predicted octanol–water partition coefficient (Wildman–Crippen LogP) is 1.15. The van der Waals surface area contributed by atoms with Gasteiger partial charge in [-0.25, -0.2) is 8.42 Å². The van der Waals surface area contributed by atoms with Gasteiger partial charge in [0.05, 0.1) is 5.75 Å². The van der Waals surface area contributed by atoms with Crippen molar-refractivity contribution in [3.63, 3.8) is 0 Å². The monoisotopic (exact) mass is 271 g/mol. The molecule has 0 aromatic carbocycles. The van der Waals surface area contributed by atoms with Crippen molar-refractivity contribution >= 4 is 15.8 Å². The van der Waals surface area contributed by atoms with Crippen LogP contribution in [0.5, 0.6) is 0 Å². The van der Waals surface area contributed by atoms with Gasteiger partial charge in [-0.15, -0.1) is 0 Å². The number of carboxylic acids is 1. The highest BCUT2D eigenvalue weighted by Crippen LogP contribution is 2.15. The largest absolute Gasteiger partial charge is 0.480 e. The maximum absolute atomic E-state index is 12.0. The molecule has 1 aromatic heterocycles. The van der Waals surface area contributed by atoms with E-state index in [2.05, 4.69) is 4.98 Å².